The van der Waals surface area contributed by atoms with Crippen LogP contribution in [0.15, 0.2) is 18.5 Å². The standard InChI is InChI=1S/C13H23N5O2/c1-11(18-8-5-6-15-18)13(20)17(4)10-12(19)16(3)9-7-14-2/h5-6,8,11,14H,7,9-10H2,1-4H3. The first kappa shape index (κ1) is 16.2. The Balaban J connectivity index is 2.51. The Morgan fingerprint density at radius 1 is 1.35 bits per heavy atom. The van der Waals surface area contributed by atoms with Crippen molar-refractivity contribution in [3.63, 3.8) is 0 Å². The van der Waals surface area contributed by atoms with Crippen LogP contribution in [0.3, 0.4) is 0 Å². The van der Waals surface area contributed by atoms with Gasteiger partial charge in [-0.05, 0) is 20.0 Å². The molecule has 0 fully saturated rings. The molecule has 20 heavy (non-hydrogen) atoms. The highest BCUT2D eigenvalue weighted by Crippen LogP contribution is 2.07. The van der Waals surface area contributed by atoms with E-state index in [1.165, 1.54) is 4.90 Å². The Bertz CT molecular complexity index is 432. The summed E-state index contributed by atoms with van der Waals surface area (Å²) < 4.78 is 1.58. The summed E-state index contributed by atoms with van der Waals surface area (Å²) in [6.07, 6.45) is 3.36. The van der Waals surface area contributed by atoms with Crippen molar-refractivity contribution in [1.29, 1.82) is 0 Å². The minimum Gasteiger partial charge on any atom is -0.343 e. The molecule has 1 unspecified atom stereocenters. The highest BCUT2D eigenvalue weighted by Gasteiger charge is 2.22. The van der Waals surface area contributed by atoms with Gasteiger partial charge in [-0.3, -0.25) is 14.3 Å². The molecule has 0 saturated carbocycles. The van der Waals surface area contributed by atoms with Gasteiger partial charge in [-0.1, -0.05) is 0 Å². The predicted molar refractivity (Wildman–Crippen MR) is 76.1 cm³/mol. The second-order valence-electron chi connectivity index (χ2n) is 4.78. The van der Waals surface area contributed by atoms with Crippen LogP contribution in [-0.4, -0.2) is 72.2 Å². The first-order valence-electron chi connectivity index (χ1n) is 6.60. The molecule has 0 radical (unpaired) electrons. The van der Waals surface area contributed by atoms with Crippen molar-refractivity contribution < 1.29 is 9.59 Å². The lowest BCUT2D eigenvalue weighted by molar-refractivity contribution is -0.140. The molecule has 1 aromatic rings. The topological polar surface area (TPSA) is 70.5 Å². The van der Waals surface area contributed by atoms with E-state index in [9.17, 15) is 9.59 Å². The molecule has 0 aromatic carbocycles. The van der Waals surface area contributed by atoms with Gasteiger partial charge >= 0.3 is 0 Å². The number of carbonyl (C=O) groups excluding carboxylic acids is 2. The summed E-state index contributed by atoms with van der Waals surface area (Å²) in [5.74, 6) is -0.215. The average Bonchev–Trinajstić information content (AvgIpc) is 2.96. The average molecular weight is 281 g/mol. The molecule has 1 atom stereocenters. The highest BCUT2D eigenvalue weighted by molar-refractivity contribution is 5.86. The molecule has 0 aliphatic carbocycles. The SMILES string of the molecule is CNCCN(C)C(=O)CN(C)C(=O)C(C)n1cccn1. The lowest BCUT2D eigenvalue weighted by atomic mass is 10.3. The van der Waals surface area contributed by atoms with E-state index in [1.807, 2.05) is 7.05 Å². The Morgan fingerprint density at radius 2 is 2.05 bits per heavy atom. The van der Waals surface area contributed by atoms with Gasteiger partial charge in [-0.15, -0.1) is 0 Å². The van der Waals surface area contributed by atoms with Crippen LogP contribution in [0.1, 0.15) is 13.0 Å². The molecule has 0 spiro atoms. The van der Waals surface area contributed by atoms with E-state index < -0.39 is 6.04 Å². The number of nitrogens with one attached hydrogen (secondary N) is 1. The molecule has 2 amide bonds. The van der Waals surface area contributed by atoms with Gasteiger partial charge in [0.15, 0.2) is 0 Å². The van der Waals surface area contributed by atoms with Crippen molar-refractivity contribution >= 4 is 11.8 Å². The third-order valence-corrected chi connectivity index (χ3v) is 3.15. The highest BCUT2D eigenvalue weighted by atomic mass is 16.2. The number of hydrogen-bond donors (Lipinski definition) is 1. The van der Waals surface area contributed by atoms with E-state index in [0.717, 1.165) is 6.54 Å². The summed E-state index contributed by atoms with van der Waals surface area (Å²) in [4.78, 5) is 27.2. The molecular formula is C13H23N5O2. The maximum absolute atomic E-state index is 12.2. The Kier molecular flexibility index (Phi) is 6.17. The molecule has 1 N–H and O–H groups in total. The van der Waals surface area contributed by atoms with Crippen molar-refractivity contribution in [3.05, 3.63) is 18.5 Å². The lowest BCUT2D eigenvalue weighted by Crippen LogP contribution is -2.43. The van der Waals surface area contributed by atoms with E-state index in [-0.39, 0.29) is 18.4 Å². The minimum atomic E-state index is -0.412. The third kappa shape index (κ3) is 4.34. The van der Waals surface area contributed by atoms with Crippen LogP contribution in [0.25, 0.3) is 0 Å². The van der Waals surface area contributed by atoms with Gasteiger partial charge in [-0.25, -0.2) is 0 Å². The molecule has 7 heteroatoms. The fourth-order valence-corrected chi connectivity index (χ4v) is 1.75. The van der Waals surface area contributed by atoms with Crippen LogP contribution >= 0.6 is 0 Å². The largest absolute Gasteiger partial charge is 0.343 e. The van der Waals surface area contributed by atoms with Gasteiger partial charge in [0.25, 0.3) is 0 Å². The van der Waals surface area contributed by atoms with E-state index >= 15 is 0 Å². The van der Waals surface area contributed by atoms with Crippen LogP contribution in [0.4, 0.5) is 0 Å². The zero-order valence-corrected chi connectivity index (χ0v) is 12.5. The van der Waals surface area contributed by atoms with Crippen molar-refractivity contribution in [2.75, 3.05) is 40.8 Å². The summed E-state index contributed by atoms with van der Waals surface area (Å²) >= 11 is 0. The summed E-state index contributed by atoms with van der Waals surface area (Å²) in [7, 11) is 5.20. The number of hydrogen-bond acceptors (Lipinski definition) is 4. The van der Waals surface area contributed by atoms with Gasteiger partial charge in [0.1, 0.15) is 6.04 Å². The number of rotatable bonds is 7. The monoisotopic (exact) mass is 281 g/mol. The molecule has 0 aliphatic heterocycles. The Morgan fingerprint density at radius 3 is 2.60 bits per heavy atom. The molecule has 112 valence electrons. The fourth-order valence-electron chi connectivity index (χ4n) is 1.75. The summed E-state index contributed by atoms with van der Waals surface area (Å²) in [6.45, 7) is 3.18. The minimum absolute atomic E-state index is 0.0741. The number of amides is 2. The van der Waals surface area contributed by atoms with Crippen molar-refractivity contribution in [2.45, 2.75) is 13.0 Å². The maximum Gasteiger partial charge on any atom is 0.247 e. The predicted octanol–water partition coefficient (Wildman–Crippen LogP) is -0.420. The van der Waals surface area contributed by atoms with Crippen molar-refractivity contribution in [2.24, 2.45) is 0 Å². The first-order chi connectivity index (χ1) is 9.47. The van der Waals surface area contributed by atoms with E-state index in [0.29, 0.717) is 6.54 Å². The summed E-state index contributed by atoms with van der Waals surface area (Å²) in [5, 5.41) is 7.02. The third-order valence-electron chi connectivity index (χ3n) is 3.15. The summed E-state index contributed by atoms with van der Waals surface area (Å²) in [5.41, 5.74) is 0. The normalized spacial score (nSPS) is 12.0. The zero-order valence-electron chi connectivity index (χ0n) is 12.5. The first-order valence-corrected chi connectivity index (χ1v) is 6.60. The molecule has 1 aromatic heterocycles. The second kappa shape index (κ2) is 7.64. The van der Waals surface area contributed by atoms with Crippen LogP contribution in [0.2, 0.25) is 0 Å². The van der Waals surface area contributed by atoms with Crippen LogP contribution in [0, 0.1) is 0 Å². The van der Waals surface area contributed by atoms with Crippen molar-refractivity contribution in [3.8, 4) is 0 Å². The molecular weight excluding hydrogens is 258 g/mol. The van der Waals surface area contributed by atoms with Crippen LogP contribution in [0.5, 0.6) is 0 Å². The molecule has 0 aliphatic rings. The molecule has 7 nitrogen and oxygen atoms in total. The zero-order chi connectivity index (χ0) is 15.1. The number of aromatic nitrogens is 2. The molecule has 0 saturated heterocycles. The summed E-state index contributed by atoms with van der Waals surface area (Å²) in [6, 6.07) is 1.35. The Labute approximate surface area is 119 Å². The lowest BCUT2D eigenvalue weighted by Gasteiger charge is -2.24. The number of nitrogens with zero attached hydrogens (tertiary/aromatic N) is 4. The van der Waals surface area contributed by atoms with Crippen molar-refractivity contribution in [1.82, 2.24) is 24.9 Å². The van der Waals surface area contributed by atoms with Gasteiger partial charge in [-0.2, -0.15) is 5.10 Å². The number of carbonyl (C=O) groups is 2. The van der Waals surface area contributed by atoms with E-state index in [4.69, 9.17) is 0 Å². The van der Waals surface area contributed by atoms with E-state index in [2.05, 4.69) is 10.4 Å². The molecule has 0 bridgehead atoms. The fraction of sp³-hybridized carbons (Fsp3) is 0.615. The quantitative estimate of drug-likeness (QED) is 0.737. The molecule has 1 rings (SSSR count). The Hall–Kier alpha value is -1.89. The van der Waals surface area contributed by atoms with E-state index in [1.54, 1.807) is 49.1 Å². The maximum atomic E-state index is 12.2. The van der Waals surface area contributed by atoms with Gasteiger partial charge in [0.2, 0.25) is 11.8 Å². The van der Waals surface area contributed by atoms with Gasteiger partial charge < -0.3 is 15.1 Å². The molecule has 1 heterocycles. The van der Waals surface area contributed by atoms with Crippen LogP contribution < -0.4 is 5.32 Å². The van der Waals surface area contributed by atoms with Gasteiger partial charge in [0.05, 0.1) is 6.54 Å². The second-order valence-corrected chi connectivity index (χ2v) is 4.78. The number of likely N-dealkylation sites (N-methyl/N-ethyl adjacent to an activating group) is 3. The smallest absolute Gasteiger partial charge is 0.247 e. The van der Waals surface area contributed by atoms with Crippen LogP contribution in [-0.2, 0) is 9.59 Å². The van der Waals surface area contributed by atoms with Gasteiger partial charge in [0, 0.05) is 39.6 Å².